The van der Waals surface area contributed by atoms with Crippen LogP contribution in [0.4, 0.5) is 0 Å². The third kappa shape index (κ3) is 2.69. The Morgan fingerprint density at radius 1 is 1.14 bits per heavy atom. The maximum atomic E-state index is 12.6. The number of hydrogen-bond donors (Lipinski definition) is 1. The third-order valence-corrected chi connectivity index (χ3v) is 6.22. The van der Waals surface area contributed by atoms with Crippen LogP contribution in [0, 0.1) is 23.2 Å². The summed E-state index contributed by atoms with van der Waals surface area (Å²) in [6.07, 6.45) is 8.74. The van der Waals surface area contributed by atoms with Gasteiger partial charge < -0.3 is 10.0 Å². The fourth-order valence-corrected chi connectivity index (χ4v) is 5.74. The number of likely N-dealkylation sites (N-methyl/N-ethyl adjacent to an activating group) is 1. The van der Waals surface area contributed by atoms with Gasteiger partial charge in [-0.3, -0.25) is 4.79 Å². The van der Waals surface area contributed by atoms with Crippen molar-refractivity contribution < 1.29 is 14.7 Å². The Morgan fingerprint density at radius 2 is 1.62 bits per heavy atom. The number of carbonyl (C=O) groups excluding carboxylic acids is 1. The largest absolute Gasteiger partial charge is 0.480 e. The van der Waals surface area contributed by atoms with Crippen LogP contribution in [0.3, 0.4) is 0 Å². The second-order valence-corrected chi connectivity index (χ2v) is 7.86. The van der Waals surface area contributed by atoms with Crippen LogP contribution in [0.25, 0.3) is 0 Å². The van der Waals surface area contributed by atoms with E-state index in [0.29, 0.717) is 12.8 Å². The van der Waals surface area contributed by atoms with Gasteiger partial charge in [-0.1, -0.05) is 6.92 Å². The quantitative estimate of drug-likeness (QED) is 0.848. The lowest BCUT2D eigenvalue weighted by molar-refractivity contribution is -0.152. The highest BCUT2D eigenvalue weighted by Gasteiger charge is 2.51. The van der Waals surface area contributed by atoms with Crippen molar-refractivity contribution >= 4 is 11.9 Å². The maximum Gasteiger partial charge on any atom is 0.326 e. The van der Waals surface area contributed by atoms with E-state index in [1.54, 1.807) is 7.05 Å². The molecule has 1 amide bonds. The summed E-state index contributed by atoms with van der Waals surface area (Å²) in [6, 6.07) is -0.675. The van der Waals surface area contributed by atoms with Crippen LogP contribution in [0.1, 0.15) is 58.3 Å². The van der Waals surface area contributed by atoms with Crippen LogP contribution in [0.2, 0.25) is 0 Å². The van der Waals surface area contributed by atoms with Gasteiger partial charge in [0.25, 0.3) is 0 Å². The van der Waals surface area contributed by atoms with Gasteiger partial charge in [-0.2, -0.15) is 0 Å². The lowest BCUT2D eigenvalue weighted by Crippen LogP contribution is -2.50. The number of hydrogen-bond acceptors (Lipinski definition) is 2. The third-order valence-electron chi connectivity index (χ3n) is 6.22. The second kappa shape index (κ2) is 5.29. The maximum absolute atomic E-state index is 12.6. The van der Waals surface area contributed by atoms with Crippen molar-refractivity contribution in [1.82, 2.24) is 4.90 Å². The molecule has 1 N–H and O–H groups in total. The molecule has 0 spiro atoms. The molecule has 4 bridgehead atoms. The molecular weight excluding hydrogens is 266 g/mol. The van der Waals surface area contributed by atoms with Crippen molar-refractivity contribution in [3.63, 3.8) is 0 Å². The summed E-state index contributed by atoms with van der Waals surface area (Å²) in [5.41, 5.74) is 0.191. The SMILES string of the molecule is CCC(C(=O)O)N(C)C(=O)CC12CC3CC(CC(C3)C1)C2. The second-order valence-electron chi connectivity index (χ2n) is 7.86. The van der Waals surface area contributed by atoms with Gasteiger partial charge >= 0.3 is 5.97 Å². The Labute approximate surface area is 126 Å². The molecule has 4 heteroatoms. The average Bonchev–Trinajstić information content (AvgIpc) is 2.36. The highest BCUT2D eigenvalue weighted by Crippen LogP contribution is 2.61. The number of carboxylic acids is 1. The number of amides is 1. The first-order valence-corrected chi connectivity index (χ1v) is 8.41. The summed E-state index contributed by atoms with van der Waals surface area (Å²) in [5.74, 6) is 1.63. The lowest BCUT2D eigenvalue weighted by atomic mass is 9.49. The van der Waals surface area contributed by atoms with E-state index in [4.69, 9.17) is 0 Å². The summed E-state index contributed by atoms with van der Waals surface area (Å²) < 4.78 is 0. The summed E-state index contributed by atoms with van der Waals surface area (Å²) in [5, 5.41) is 9.23. The van der Waals surface area contributed by atoms with Crippen LogP contribution in [0.15, 0.2) is 0 Å². The fourth-order valence-electron chi connectivity index (χ4n) is 5.74. The zero-order chi connectivity index (χ0) is 15.2. The molecule has 4 fully saturated rings. The van der Waals surface area contributed by atoms with Crippen LogP contribution in [0.5, 0.6) is 0 Å². The molecule has 4 saturated carbocycles. The van der Waals surface area contributed by atoms with Crippen LogP contribution < -0.4 is 0 Å². The van der Waals surface area contributed by atoms with Crippen molar-refractivity contribution in [2.45, 2.75) is 64.3 Å². The van der Waals surface area contributed by atoms with Crippen LogP contribution in [-0.4, -0.2) is 35.0 Å². The van der Waals surface area contributed by atoms with Gasteiger partial charge in [0.05, 0.1) is 0 Å². The first-order chi connectivity index (χ1) is 9.92. The summed E-state index contributed by atoms with van der Waals surface area (Å²) in [6.45, 7) is 1.83. The van der Waals surface area contributed by atoms with Crippen LogP contribution in [-0.2, 0) is 9.59 Å². The van der Waals surface area contributed by atoms with Gasteiger partial charge in [0.2, 0.25) is 5.91 Å². The van der Waals surface area contributed by atoms with Gasteiger partial charge in [-0.05, 0) is 68.1 Å². The molecule has 0 aliphatic heterocycles. The molecule has 4 rings (SSSR count). The number of carboxylic acid groups (broad SMARTS) is 1. The van der Waals surface area contributed by atoms with Gasteiger partial charge in [-0.25, -0.2) is 4.79 Å². The van der Waals surface area contributed by atoms with E-state index < -0.39 is 12.0 Å². The molecule has 1 atom stereocenters. The molecule has 4 aliphatic carbocycles. The smallest absolute Gasteiger partial charge is 0.326 e. The average molecular weight is 293 g/mol. The van der Waals surface area contributed by atoms with Crippen molar-refractivity contribution in [2.24, 2.45) is 23.2 Å². The predicted octanol–water partition coefficient (Wildman–Crippen LogP) is 2.91. The Kier molecular flexibility index (Phi) is 3.74. The molecule has 0 aromatic carbocycles. The monoisotopic (exact) mass is 293 g/mol. The Balaban J connectivity index is 1.68. The Bertz CT molecular complexity index is 410. The minimum Gasteiger partial charge on any atom is -0.480 e. The summed E-state index contributed by atoms with van der Waals surface area (Å²) in [4.78, 5) is 25.3. The van der Waals surface area contributed by atoms with E-state index in [2.05, 4.69) is 0 Å². The van der Waals surface area contributed by atoms with E-state index in [0.717, 1.165) is 17.8 Å². The standard InChI is InChI=1S/C17H27NO3/c1-3-14(16(20)21)18(2)15(19)10-17-7-11-4-12(8-17)6-13(5-11)9-17/h11-14H,3-10H2,1-2H3,(H,20,21). The van der Waals surface area contributed by atoms with Gasteiger partial charge in [0.1, 0.15) is 6.04 Å². The fraction of sp³-hybridized carbons (Fsp3) is 0.882. The minimum atomic E-state index is -0.890. The number of nitrogens with zero attached hydrogens (tertiary/aromatic N) is 1. The number of carbonyl (C=O) groups is 2. The van der Waals surface area contributed by atoms with E-state index in [1.807, 2.05) is 6.92 Å². The molecule has 118 valence electrons. The van der Waals surface area contributed by atoms with E-state index in [1.165, 1.54) is 43.4 Å². The molecule has 0 aromatic rings. The van der Waals surface area contributed by atoms with E-state index >= 15 is 0 Å². The van der Waals surface area contributed by atoms with Crippen molar-refractivity contribution in [2.75, 3.05) is 7.05 Å². The van der Waals surface area contributed by atoms with Crippen molar-refractivity contribution in [3.8, 4) is 0 Å². The highest BCUT2D eigenvalue weighted by atomic mass is 16.4. The summed E-state index contributed by atoms with van der Waals surface area (Å²) in [7, 11) is 1.66. The zero-order valence-electron chi connectivity index (χ0n) is 13.2. The van der Waals surface area contributed by atoms with Gasteiger partial charge in [0, 0.05) is 13.5 Å². The van der Waals surface area contributed by atoms with E-state index in [9.17, 15) is 14.7 Å². The Hall–Kier alpha value is -1.06. The molecule has 21 heavy (non-hydrogen) atoms. The predicted molar refractivity (Wildman–Crippen MR) is 79.7 cm³/mol. The molecule has 4 aliphatic rings. The van der Waals surface area contributed by atoms with E-state index in [-0.39, 0.29) is 11.3 Å². The topological polar surface area (TPSA) is 57.6 Å². The van der Waals surface area contributed by atoms with Crippen molar-refractivity contribution in [3.05, 3.63) is 0 Å². The highest BCUT2D eigenvalue weighted by molar-refractivity contribution is 5.83. The lowest BCUT2D eigenvalue weighted by Gasteiger charge is -2.57. The molecule has 0 heterocycles. The first kappa shape index (κ1) is 14.9. The molecule has 1 unspecified atom stereocenters. The van der Waals surface area contributed by atoms with Gasteiger partial charge in [0.15, 0.2) is 0 Å². The Morgan fingerprint density at radius 3 is 2.00 bits per heavy atom. The van der Waals surface area contributed by atoms with Gasteiger partial charge in [-0.15, -0.1) is 0 Å². The molecule has 0 radical (unpaired) electrons. The normalized spacial score (nSPS) is 38.3. The zero-order valence-corrected chi connectivity index (χ0v) is 13.2. The number of aliphatic carboxylic acids is 1. The molecular formula is C17H27NO3. The van der Waals surface area contributed by atoms with Crippen molar-refractivity contribution in [1.29, 1.82) is 0 Å². The summed E-state index contributed by atoms with van der Waals surface area (Å²) >= 11 is 0. The van der Waals surface area contributed by atoms with Crippen LogP contribution >= 0.6 is 0 Å². The molecule has 4 nitrogen and oxygen atoms in total. The number of rotatable bonds is 5. The first-order valence-electron chi connectivity index (χ1n) is 8.41. The molecule has 0 aromatic heterocycles. The minimum absolute atomic E-state index is 0.0335. The molecule has 0 saturated heterocycles.